The lowest BCUT2D eigenvalue weighted by atomic mass is 10.3. The van der Waals surface area contributed by atoms with E-state index in [0.717, 1.165) is 6.42 Å². The van der Waals surface area contributed by atoms with Crippen molar-refractivity contribution in [3.8, 4) is 0 Å². The fourth-order valence-electron chi connectivity index (χ4n) is 2.15. The molecule has 0 radical (unpaired) electrons. The fraction of sp³-hybridized carbons (Fsp3) is 0.583. The SMILES string of the molecule is CCCn1cc(S(=O)(=O)Cl)cc1C(=O)N1CCOCC1. The molecule has 0 aromatic carbocycles. The van der Waals surface area contributed by atoms with Crippen LogP contribution >= 0.6 is 10.7 Å². The molecule has 0 atom stereocenters. The van der Waals surface area contributed by atoms with Crippen molar-refractivity contribution in [1.29, 1.82) is 0 Å². The average molecular weight is 321 g/mol. The number of morpholine rings is 1. The molecule has 0 bridgehead atoms. The van der Waals surface area contributed by atoms with Gasteiger partial charge in [-0.05, 0) is 12.5 Å². The summed E-state index contributed by atoms with van der Waals surface area (Å²) in [6.07, 6.45) is 2.21. The van der Waals surface area contributed by atoms with E-state index in [2.05, 4.69) is 0 Å². The summed E-state index contributed by atoms with van der Waals surface area (Å²) >= 11 is 0. The van der Waals surface area contributed by atoms with Gasteiger partial charge < -0.3 is 14.2 Å². The molecule has 0 aliphatic carbocycles. The molecule has 0 N–H and O–H groups in total. The van der Waals surface area contributed by atoms with Gasteiger partial charge in [-0.25, -0.2) is 8.42 Å². The van der Waals surface area contributed by atoms with Crippen LogP contribution in [0.2, 0.25) is 0 Å². The molecule has 1 aromatic rings. The number of nitrogens with zero attached hydrogens (tertiary/aromatic N) is 2. The van der Waals surface area contributed by atoms with E-state index in [1.165, 1.54) is 12.3 Å². The number of rotatable bonds is 4. The van der Waals surface area contributed by atoms with Gasteiger partial charge in [-0.15, -0.1) is 0 Å². The maximum absolute atomic E-state index is 12.4. The molecule has 1 aliphatic rings. The summed E-state index contributed by atoms with van der Waals surface area (Å²) in [6.45, 7) is 4.55. The van der Waals surface area contributed by atoms with Crippen LogP contribution in [0.3, 0.4) is 0 Å². The number of aromatic nitrogens is 1. The third kappa shape index (κ3) is 3.34. The van der Waals surface area contributed by atoms with Crippen LogP contribution < -0.4 is 0 Å². The third-order valence-corrected chi connectivity index (χ3v) is 4.46. The lowest BCUT2D eigenvalue weighted by Crippen LogP contribution is -2.41. The summed E-state index contributed by atoms with van der Waals surface area (Å²) in [6, 6.07) is 1.34. The first-order valence-corrected chi connectivity index (χ1v) is 8.76. The Labute approximate surface area is 122 Å². The molecule has 6 nitrogen and oxygen atoms in total. The molecule has 2 rings (SSSR count). The van der Waals surface area contributed by atoms with Gasteiger partial charge in [0.25, 0.3) is 15.0 Å². The highest BCUT2D eigenvalue weighted by Gasteiger charge is 2.24. The normalized spacial score (nSPS) is 16.4. The highest BCUT2D eigenvalue weighted by molar-refractivity contribution is 8.13. The number of carbonyl (C=O) groups excluding carboxylic acids is 1. The fourth-order valence-corrected chi connectivity index (χ4v) is 2.91. The largest absolute Gasteiger partial charge is 0.378 e. The number of hydrogen-bond donors (Lipinski definition) is 0. The quantitative estimate of drug-likeness (QED) is 0.784. The number of carbonyl (C=O) groups is 1. The van der Waals surface area contributed by atoms with E-state index in [9.17, 15) is 13.2 Å². The molecule has 1 aromatic heterocycles. The van der Waals surface area contributed by atoms with E-state index in [4.69, 9.17) is 15.4 Å². The summed E-state index contributed by atoms with van der Waals surface area (Å²) in [5, 5.41) is 0. The number of halogens is 1. The van der Waals surface area contributed by atoms with Gasteiger partial charge >= 0.3 is 0 Å². The van der Waals surface area contributed by atoms with Crippen LogP contribution in [0.5, 0.6) is 0 Å². The zero-order valence-corrected chi connectivity index (χ0v) is 12.8. The number of aryl methyl sites for hydroxylation is 1. The zero-order chi connectivity index (χ0) is 14.8. The van der Waals surface area contributed by atoms with E-state index >= 15 is 0 Å². The molecule has 2 heterocycles. The van der Waals surface area contributed by atoms with Crippen LogP contribution in [0.4, 0.5) is 0 Å². The van der Waals surface area contributed by atoms with Crippen LogP contribution in [0.15, 0.2) is 17.2 Å². The lowest BCUT2D eigenvalue weighted by molar-refractivity contribution is 0.0296. The van der Waals surface area contributed by atoms with Crippen LogP contribution in [-0.2, 0) is 20.3 Å². The summed E-state index contributed by atoms with van der Waals surface area (Å²) in [7, 11) is 1.52. The van der Waals surface area contributed by atoms with Crippen LogP contribution in [0.1, 0.15) is 23.8 Å². The molecule has 112 valence electrons. The third-order valence-electron chi connectivity index (χ3n) is 3.13. The standard InChI is InChI=1S/C12H17ClN2O4S/c1-2-3-15-9-10(20(13,17)18)8-11(15)12(16)14-4-6-19-7-5-14/h8-9H,2-7H2,1H3. The minimum atomic E-state index is -3.83. The first kappa shape index (κ1) is 15.3. The summed E-state index contributed by atoms with van der Waals surface area (Å²) in [5.74, 6) is -0.187. The Bertz CT molecular complexity index is 591. The molecule has 0 spiro atoms. The van der Waals surface area contributed by atoms with Gasteiger partial charge in [-0.1, -0.05) is 6.92 Å². The highest BCUT2D eigenvalue weighted by atomic mass is 35.7. The molecule has 1 saturated heterocycles. The van der Waals surface area contributed by atoms with Gasteiger partial charge in [-0.2, -0.15) is 0 Å². The molecule has 20 heavy (non-hydrogen) atoms. The van der Waals surface area contributed by atoms with Crippen molar-refractivity contribution >= 4 is 25.6 Å². The molecular formula is C12H17ClN2O4S. The number of hydrogen-bond acceptors (Lipinski definition) is 4. The first-order chi connectivity index (χ1) is 9.43. The van der Waals surface area contributed by atoms with Crippen molar-refractivity contribution in [3.05, 3.63) is 18.0 Å². The Hall–Kier alpha value is -1.05. The van der Waals surface area contributed by atoms with Crippen molar-refractivity contribution in [2.75, 3.05) is 26.3 Å². The maximum Gasteiger partial charge on any atom is 0.270 e. The van der Waals surface area contributed by atoms with Gasteiger partial charge in [0.1, 0.15) is 10.6 Å². The second kappa shape index (κ2) is 6.15. The van der Waals surface area contributed by atoms with Gasteiger partial charge in [0.2, 0.25) is 0 Å². The summed E-state index contributed by atoms with van der Waals surface area (Å²) < 4.78 is 29.7. The van der Waals surface area contributed by atoms with Crippen molar-refractivity contribution in [1.82, 2.24) is 9.47 Å². The van der Waals surface area contributed by atoms with Crippen LogP contribution in [0.25, 0.3) is 0 Å². The second-order valence-electron chi connectivity index (χ2n) is 4.60. The number of ether oxygens (including phenoxy) is 1. The maximum atomic E-state index is 12.4. The zero-order valence-electron chi connectivity index (χ0n) is 11.2. The molecular weight excluding hydrogens is 304 g/mol. The van der Waals surface area contributed by atoms with E-state index < -0.39 is 9.05 Å². The minimum Gasteiger partial charge on any atom is -0.378 e. The van der Waals surface area contributed by atoms with Crippen molar-refractivity contribution in [3.63, 3.8) is 0 Å². The molecule has 1 fully saturated rings. The smallest absolute Gasteiger partial charge is 0.270 e. The topological polar surface area (TPSA) is 68.6 Å². The van der Waals surface area contributed by atoms with Crippen molar-refractivity contribution in [2.24, 2.45) is 0 Å². The van der Waals surface area contributed by atoms with Gasteiger partial charge in [0.15, 0.2) is 0 Å². The molecule has 0 unspecified atom stereocenters. The van der Waals surface area contributed by atoms with Crippen molar-refractivity contribution in [2.45, 2.75) is 24.8 Å². The van der Waals surface area contributed by atoms with Crippen molar-refractivity contribution < 1.29 is 17.9 Å². The monoisotopic (exact) mass is 320 g/mol. The van der Waals surface area contributed by atoms with Gasteiger partial charge in [0.05, 0.1) is 13.2 Å². The van der Waals surface area contributed by atoms with Crippen LogP contribution in [0, 0.1) is 0 Å². The molecule has 1 amide bonds. The summed E-state index contributed by atoms with van der Waals surface area (Å²) in [5.41, 5.74) is 0.355. The minimum absolute atomic E-state index is 0.0378. The van der Waals surface area contributed by atoms with E-state index in [0.29, 0.717) is 38.5 Å². The second-order valence-corrected chi connectivity index (χ2v) is 7.16. The Balaban J connectivity index is 2.33. The Morgan fingerprint density at radius 1 is 1.40 bits per heavy atom. The number of amides is 1. The predicted octanol–water partition coefficient (Wildman–Crippen LogP) is 1.30. The van der Waals surface area contributed by atoms with Gasteiger partial charge in [0, 0.05) is 36.5 Å². The molecule has 0 saturated carbocycles. The van der Waals surface area contributed by atoms with Gasteiger partial charge in [-0.3, -0.25) is 4.79 Å². The summed E-state index contributed by atoms with van der Waals surface area (Å²) in [4.78, 5) is 14.1. The Morgan fingerprint density at radius 3 is 2.60 bits per heavy atom. The predicted molar refractivity (Wildman–Crippen MR) is 74.5 cm³/mol. The Morgan fingerprint density at radius 2 is 2.05 bits per heavy atom. The lowest BCUT2D eigenvalue weighted by Gasteiger charge is -2.27. The highest BCUT2D eigenvalue weighted by Crippen LogP contribution is 2.20. The average Bonchev–Trinajstić information content (AvgIpc) is 2.83. The first-order valence-electron chi connectivity index (χ1n) is 6.45. The molecule has 8 heteroatoms. The van der Waals surface area contributed by atoms with Crippen LogP contribution in [-0.4, -0.2) is 50.1 Å². The molecule has 1 aliphatic heterocycles. The van der Waals surface area contributed by atoms with E-state index in [-0.39, 0.29) is 10.8 Å². The van der Waals surface area contributed by atoms with E-state index in [1.54, 1.807) is 9.47 Å². The van der Waals surface area contributed by atoms with E-state index in [1.807, 2.05) is 6.92 Å². The Kier molecular flexibility index (Phi) is 4.72.